The van der Waals surface area contributed by atoms with Gasteiger partial charge in [0.1, 0.15) is 4.90 Å². The molecule has 0 spiro atoms. The lowest BCUT2D eigenvalue weighted by Gasteiger charge is -2.26. The molecule has 21 heavy (non-hydrogen) atoms. The number of nitrogens with zero attached hydrogens (tertiary/aromatic N) is 2. The van der Waals surface area contributed by atoms with Gasteiger partial charge in [-0.25, -0.2) is 13.1 Å². The molecule has 0 saturated carbocycles. The highest BCUT2D eigenvalue weighted by molar-refractivity contribution is 9.10. The Morgan fingerprint density at radius 2 is 2.00 bits per heavy atom. The van der Waals surface area contributed by atoms with Crippen molar-refractivity contribution in [3.8, 4) is 0 Å². The van der Waals surface area contributed by atoms with Gasteiger partial charge in [-0.15, -0.1) is 0 Å². The van der Waals surface area contributed by atoms with E-state index >= 15 is 0 Å². The maximum absolute atomic E-state index is 12.0. The molecule has 116 valence electrons. The highest BCUT2D eigenvalue weighted by atomic mass is 79.9. The summed E-state index contributed by atoms with van der Waals surface area (Å²) in [6.07, 6.45) is 6.19. The average Bonchev–Trinajstić information content (AvgIpc) is 2.48. The number of sulfonamides is 1. The summed E-state index contributed by atoms with van der Waals surface area (Å²) in [7, 11) is -3.62. The fraction of sp³-hybridized carbons (Fsp3) is 0.538. The number of piperidine rings is 1. The Morgan fingerprint density at radius 1 is 1.29 bits per heavy atom. The summed E-state index contributed by atoms with van der Waals surface area (Å²) in [5.41, 5.74) is 0. The molecule has 0 aromatic carbocycles. The van der Waals surface area contributed by atoms with Gasteiger partial charge in [0.15, 0.2) is 0 Å². The van der Waals surface area contributed by atoms with E-state index in [4.69, 9.17) is 0 Å². The van der Waals surface area contributed by atoms with Gasteiger partial charge in [-0.1, -0.05) is 0 Å². The summed E-state index contributed by atoms with van der Waals surface area (Å²) in [5.74, 6) is 0.00441. The molecule has 0 aliphatic carbocycles. The van der Waals surface area contributed by atoms with Crippen LogP contribution in [0.5, 0.6) is 0 Å². The largest absolute Gasteiger partial charge is 0.343 e. The van der Waals surface area contributed by atoms with E-state index in [1.165, 1.54) is 18.5 Å². The van der Waals surface area contributed by atoms with Crippen LogP contribution in [0.3, 0.4) is 0 Å². The Hall–Kier alpha value is -0.990. The molecule has 2 rings (SSSR count). The lowest BCUT2D eigenvalue weighted by molar-refractivity contribution is -0.131. The third-order valence-corrected chi connectivity index (χ3v) is 5.19. The number of carbonyl (C=O) groups excluding carboxylic acids is 1. The molecule has 8 heteroatoms. The van der Waals surface area contributed by atoms with E-state index in [0.29, 0.717) is 4.47 Å². The minimum Gasteiger partial charge on any atom is -0.343 e. The van der Waals surface area contributed by atoms with Crippen LogP contribution in [0.4, 0.5) is 0 Å². The summed E-state index contributed by atoms with van der Waals surface area (Å²) in [5, 5.41) is 0. The first kappa shape index (κ1) is 16.4. The fourth-order valence-electron chi connectivity index (χ4n) is 2.22. The molecule has 1 aliphatic heterocycles. The van der Waals surface area contributed by atoms with Crippen LogP contribution in [0.15, 0.2) is 27.8 Å². The van der Waals surface area contributed by atoms with E-state index in [0.717, 1.165) is 32.4 Å². The van der Waals surface area contributed by atoms with E-state index in [9.17, 15) is 13.2 Å². The molecule has 0 radical (unpaired) electrons. The molecule has 1 fully saturated rings. The molecule has 0 unspecified atom stereocenters. The summed E-state index contributed by atoms with van der Waals surface area (Å²) in [4.78, 5) is 17.7. The van der Waals surface area contributed by atoms with Crippen molar-refractivity contribution < 1.29 is 13.2 Å². The number of hydrogen-bond donors (Lipinski definition) is 1. The standard InChI is InChI=1S/C13H18BrN3O3S/c14-11-8-12(10-15-9-11)21(19,20)16-5-4-13(18)17-6-2-1-3-7-17/h8-10,16H,1-7H2. The first-order chi connectivity index (χ1) is 9.99. The Bertz CT molecular complexity index is 600. The Kier molecular flexibility index (Phi) is 5.72. The van der Waals surface area contributed by atoms with Crippen LogP contribution in [-0.4, -0.2) is 43.8 Å². The first-order valence-electron chi connectivity index (χ1n) is 6.87. The van der Waals surface area contributed by atoms with Crippen molar-refractivity contribution in [3.63, 3.8) is 0 Å². The fourth-order valence-corrected chi connectivity index (χ4v) is 3.75. The molecule has 0 bridgehead atoms. The molecule has 1 aromatic rings. The third kappa shape index (κ3) is 4.76. The predicted octanol–water partition coefficient (Wildman–Crippen LogP) is 1.52. The second-order valence-corrected chi connectivity index (χ2v) is 7.61. The van der Waals surface area contributed by atoms with E-state index in [1.54, 1.807) is 4.90 Å². The molecular formula is C13H18BrN3O3S. The van der Waals surface area contributed by atoms with Crippen molar-refractivity contribution >= 4 is 31.9 Å². The number of carbonyl (C=O) groups is 1. The van der Waals surface area contributed by atoms with Crippen LogP contribution < -0.4 is 4.72 Å². The molecular weight excluding hydrogens is 358 g/mol. The van der Waals surface area contributed by atoms with Crippen molar-refractivity contribution in [1.82, 2.24) is 14.6 Å². The molecule has 1 saturated heterocycles. The Balaban J connectivity index is 1.86. The van der Waals surface area contributed by atoms with Crippen LogP contribution in [0.2, 0.25) is 0 Å². The van der Waals surface area contributed by atoms with Gasteiger partial charge < -0.3 is 4.90 Å². The number of pyridine rings is 1. The van der Waals surface area contributed by atoms with Crippen LogP contribution in [0, 0.1) is 0 Å². The van der Waals surface area contributed by atoms with Crippen LogP contribution in [0.1, 0.15) is 25.7 Å². The second kappa shape index (κ2) is 7.33. The van der Waals surface area contributed by atoms with E-state index in [-0.39, 0.29) is 23.8 Å². The van der Waals surface area contributed by atoms with Gasteiger partial charge in [-0.3, -0.25) is 9.78 Å². The lowest BCUT2D eigenvalue weighted by Crippen LogP contribution is -2.37. The predicted molar refractivity (Wildman–Crippen MR) is 82.2 cm³/mol. The minimum atomic E-state index is -3.62. The van der Waals surface area contributed by atoms with E-state index in [2.05, 4.69) is 25.6 Å². The van der Waals surface area contributed by atoms with Crippen LogP contribution >= 0.6 is 15.9 Å². The monoisotopic (exact) mass is 375 g/mol. The van der Waals surface area contributed by atoms with Gasteiger partial charge in [-0.2, -0.15) is 0 Å². The van der Waals surface area contributed by atoms with Gasteiger partial charge >= 0.3 is 0 Å². The smallest absolute Gasteiger partial charge is 0.242 e. The molecule has 1 amide bonds. The van der Waals surface area contributed by atoms with Gasteiger partial charge in [0, 0.05) is 42.9 Å². The zero-order valence-corrected chi connectivity index (χ0v) is 14.0. The van der Waals surface area contributed by atoms with Crippen molar-refractivity contribution in [1.29, 1.82) is 0 Å². The number of hydrogen-bond acceptors (Lipinski definition) is 4. The molecule has 0 atom stereocenters. The molecule has 1 aromatic heterocycles. The van der Waals surface area contributed by atoms with Crippen LogP contribution in [0.25, 0.3) is 0 Å². The number of amides is 1. The summed E-state index contributed by atoms with van der Waals surface area (Å²) >= 11 is 3.18. The highest BCUT2D eigenvalue weighted by Gasteiger charge is 2.18. The normalized spacial score (nSPS) is 16.0. The third-order valence-electron chi connectivity index (χ3n) is 3.33. The van der Waals surface area contributed by atoms with Crippen molar-refractivity contribution in [2.45, 2.75) is 30.6 Å². The van der Waals surface area contributed by atoms with Crippen LogP contribution in [-0.2, 0) is 14.8 Å². The Morgan fingerprint density at radius 3 is 2.67 bits per heavy atom. The minimum absolute atomic E-state index is 0.00441. The molecule has 1 aliphatic rings. The zero-order valence-electron chi connectivity index (χ0n) is 11.6. The molecule has 1 N–H and O–H groups in total. The quantitative estimate of drug-likeness (QED) is 0.845. The van der Waals surface area contributed by atoms with Gasteiger partial charge in [0.25, 0.3) is 0 Å². The first-order valence-corrected chi connectivity index (χ1v) is 9.15. The highest BCUT2D eigenvalue weighted by Crippen LogP contribution is 2.14. The van der Waals surface area contributed by atoms with Gasteiger partial charge in [0.05, 0.1) is 0 Å². The van der Waals surface area contributed by atoms with Crippen molar-refractivity contribution in [2.24, 2.45) is 0 Å². The van der Waals surface area contributed by atoms with E-state index in [1.807, 2.05) is 0 Å². The SMILES string of the molecule is O=C(CCNS(=O)(=O)c1cncc(Br)c1)N1CCCCC1. The maximum Gasteiger partial charge on any atom is 0.242 e. The number of aromatic nitrogens is 1. The maximum atomic E-state index is 12.0. The van der Waals surface area contributed by atoms with Crippen molar-refractivity contribution in [2.75, 3.05) is 19.6 Å². The summed E-state index contributed by atoms with van der Waals surface area (Å²) in [6.45, 7) is 1.66. The lowest BCUT2D eigenvalue weighted by atomic mass is 10.1. The second-order valence-electron chi connectivity index (χ2n) is 4.93. The summed E-state index contributed by atoms with van der Waals surface area (Å²) < 4.78 is 27.1. The zero-order chi connectivity index (χ0) is 15.3. The topological polar surface area (TPSA) is 79.4 Å². The molecule has 6 nitrogen and oxygen atoms in total. The van der Waals surface area contributed by atoms with E-state index < -0.39 is 10.0 Å². The van der Waals surface area contributed by atoms with Crippen molar-refractivity contribution in [3.05, 3.63) is 22.9 Å². The van der Waals surface area contributed by atoms with Gasteiger partial charge in [0.2, 0.25) is 15.9 Å². The Labute approximate surface area is 133 Å². The number of nitrogens with one attached hydrogen (secondary N) is 1. The number of rotatable bonds is 5. The number of likely N-dealkylation sites (tertiary alicyclic amines) is 1. The average molecular weight is 376 g/mol. The summed E-state index contributed by atoms with van der Waals surface area (Å²) in [6, 6.07) is 1.47. The molecule has 2 heterocycles. The van der Waals surface area contributed by atoms with Gasteiger partial charge in [-0.05, 0) is 41.3 Å². The number of halogens is 1.